The van der Waals surface area contributed by atoms with E-state index in [1.54, 1.807) is 0 Å². The van der Waals surface area contributed by atoms with Crippen molar-refractivity contribution < 1.29 is 9.90 Å². The van der Waals surface area contributed by atoms with Gasteiger partial charge in [-0.05, 0) is 50.5 Å². The van der Waals surface area contributed by atoms with E-state index in [4.69, 9.17) is 0 Å². The molecule has 1 aliphatic carbocycles. The lowest BCUT2D eigenvalue weighted by atomic mass is 9.65. The fourth-order valence-corrected chi connectivity index (χ4v) is 3.91. The van der Waals surface area contributed by atoms with Gasteiger partial charge < -0.3 is 5.11 Å². The fraction of sp³-hybridized carbons (Fsp3) is 0.944. The van der Waals surface area contributed by atoms with E-state index in [-0.39, 0.29) is 12.0 Å². The van der Waals surface area contributed by atoms with Crippen LogP contribution in [-0.2, 0) is 4.79 Å². The summed E-state index contributed by atoms with van der Waals surface area (Å²) in [6, 6.07) is 0.664. The Balaban J connectivity index is 2.98. The van der Waals surface area contributed by atoms with Gasteiger partial charge >= 0.3 is 5.97 Å². The Morgan fingerprint density at radius 1 is 1.29 bits per heavy atom. The Bertz CT molecular complexity index is 340. The molecular weight excluding hydrogens is 262 g/mol. The van der Waals surface area contributed by atoms with E-state index in [0.717, 1.165) is 38.6 Å². The first-order valence-electron chi connectivity index (χ1n) is 8.76. The minimum atomic E-state index is -0.602. The maximum Gasteiger partial charge on any atom is 0.308 e. The summed E-state index contributed by atoms with van der Waals surface area (Å²) in [5.41, 5.74) is 0.316. The molecule has 0 aliphatic heterocycles. The van der Waals surface area contributed by atoms with Crippen molar-refractivity contribution in [3.05, 3.63) is 0 Å². The first-order chi connectivity index (χ1) is 9.78. The van der Waals surface area contributed by atoms with Gasteiger partial charge in [0.15, 0.2) is 0 Å². The van der Waals surface area contributed by atoms with Crippen molar-refractivity contribution in [2.75, 3.05) is 6.54 Å². The van der Waals surface area contributed by atoms with Crippen molar-refractivity contribution in [1.82, 2.24) is 4.90 Å². The molecule has 124 valence electrons. The van der Waals surface area contributed by atoms with Crippen LogP contribution in [-0.4, -0.2) is 34.6 Å². The minimum absolute atomic E-state index is 0.192. The summed E-state index contributed by atoms with van der Waals surface area (Å²) in [5, 5.41) is 9.63. The monoisotopic (exact) mass is 297 g/mol. The molecule has 4 unspecified atom stereocenters. The number of carboxylic acids is 1. The Kier molecular flexibility index (Phi) is 6.71. The summed E-state index contributed by atoms with van der Waals surface area (Å²) in [5.74, 6) is -0.154. The third kappa shape index (κ3) is 4.21. The predicted octanol–water partition coefficient (Wildman–Crippen LogP) is 4.41. The molecule has 1 aliphatic rings. The van der Waals surface area contributed by atoms with Gasteiger partial charge in [0.05, 0.1) is 5.92 Å². The molecule has 0 aromatic rings. The highest BCUT2D eigenvalue weighted by atomic mass is 16.4. The number of hydrogen-bond acceptors (Lipinski definition) is 2. The first kappa shape index (κ1) is 18.5. The molecular formula is C18H35NO2. The summed E-state index contributed by atoms with van der Waals surface area (Å²) in [6.07, 6.45) is 5.18. The van der Waals surface area contributed by atoms with Crippen LogP contribution in [0, 0.1) is 17.3 Å². The van der Waals surface area contributed by atoms with E-state index in [2.05, 4.69) is 46.4 Å². The van der Waals surface area contributed by atoms with Crippen LogP contribution in [0.15, 0.2) is 0 Å². The molecule has 1 fully saturated rings. The smallest absolute Gasteiger partial charge is 0.308 e. The second-order valence-electron chi connectivity index (χ2n) is 7.45. The van der Waals surface area contributed by atoms with Crippen molar-refractivity contribution in [3.63, 3.8) is 0 Å². The summed E-state index contributed by atoms with van der Waals surface area (Å²) < 4.78 is 0. The maximum atomic E-state index is 11.7. The minimum Gasteiger partial charge on any atom is -0.481 e. The van der Waals surface area contributed by atoms with Crippen LogP contribution in [0.3, 0.4) is 0 Å². The number of hydrogen-bond donors (Lipinski definition) is 1. The molecule has 0 aromatic carbocycles. The van der Waals surface area contributed by atoms with E-state index >= 15 is 0 Å². The van der Waals surface area contributed by atoms with Gasteiger partial charge in [-0.2, -0.15) is 0 Å². The summed E-state index contributed by atoms with van der Waals surface area (Å²) >= 11 is 0. The molecule has 0 saturated heterocycles. The molecule has 0 amide bonds. The lowest BCUT2D eigenvalue weighted by Crippen LogP contribution is -2.52. The average molecular weight is 297 g/mol. The van der Waals surface area contributed by atoms with Gasteiger partial charge in [-0.25, -0.2) is 0 Å². The third-order valence-corrected chi connectivity index (χ3v) is 6.10. The van der Waals surface area contributed by atoms with E-state index in [1.165, 1.54) is 0 Å². The molecule has 0 heterocycles. The molecule has 21 heavy (non-hydrogen) atoms. The normalized spacial score (nSPS) is 28.6. The molecule has 4 atom stereocenters. The summed E-state index contributed by atoms with van der Waals surface area (Å²) in [6.45, 7) is 14.5. The largest absolute Gasteiger partial charge is 0.481 e. The van der Waals surface area contributed by atoms with Crippen molar-refractivity contribution >= 4 is 5.97 Å². The van der Waals surface area contributed by atoms with Gasteiger partial charge in [-0.3, -0.25) is 9.69 Å². The quantitative estimate of drug-likeness (QED) is 0.756. The van der Waals surface area contributed by atoms with Gasteiger partial charge in [0.2, 0.25) is 0 Å². The topological polar surface area (TPSA) is 40.5 Å². The van der Waals surface area contributed by atoms with Crippen molar-refractivity contribution in [2.45, 2.75) is 85.7 Å². The fourth-order valence-electron chi connectivity index (χ4n) is 3.91. The number of carboxylic acid groups (broad SMARTS) is 1. The van der Waals surface area contributed by atoms with Gasteiger partial charge in [0.1, 0.15) is 0 Å². The zero-order chi connectivity index (χ0) is 16.2. The second kappa shape index (κ2) is 7.62. The van der Waals surface area contributed by atoms with Gasteiger partial charge in [-0.15, -0.1) is 0 Å². The molecule has 1 N–H and O–H groups in total. The van der Waals surface area contributed by atoms with Crippen molar-refractivity contribution in [3.8, 4) is 0 Å². The Morgan fingerprint density at radius 3 is 2.33 bits per heavy atom. The second-order valence-corrected chi connectivity index (χ2v) is 7.45. The third-order valence-electron chi connectivity index (χ3n) is 6.10. The van der Waals surface area contributed by atoms with Crippen molar-refractivity contribution in [1.29, 1.82) is 0 Å². The molecule has 0 radical (unpaired) electrons. The van der Waals surface area contributed by atoms with Gasteiger partial charge in [0, 0.05) is 12.1 Å². The predicted molar refractivity (Wildman–Crippen MR) is 88.5 cm³/mol. The molecule has 1 rings (SSSR count). The molecule has 3 heteroatoms. The van der Waals surface area contributed by atoms with Crippen LogP contribution in [0.2, 0.25) is 0 Å². The SMILES string of the molecule is CCC(C)N(CC)C1CC(C(C)(C)CC)CCC1C(=O)O. The van der Waals surface area contributed by atoms with Crippen LogP contribution in [0.1, 0.15) is 73.6 Å². The van der Waals surface area contributed by atoms with E-state index in [0.29, 0.717) is 17.4 Å². The van der Waals surface area contributed by atoms with E-state index < -0.39 is 5.97 Å². The average Bonchev–Trinajstić information content (AvgIpc) is 2.47. The number of aliphatic carboxylic acids is 1. The zero-order valence-electron chi connectivity index (χ0n) is 14.9. The lowest BCUT2D eigenvalue weighted by Gasteiger charge is -2.47. The number of rotatable bonds is 7. The van der Waals surface area contributed by atoms with Crippen LogP contribution in [0.4, 0.5) is 0 Å². The maximum absolute atomic E-state index is 11.7. The van der Waals surface area contributed by atoms with Crippen LogP contribution in [0.5, 0.6) is 0 Å². The highest BCUT2D eigenvalue weighted by Gasteiger charge is 2.42. The van der Waals surface area contributed by atoms with Gasteiger partial charge in [0.25, 0.3) is 0 Å². The molecule has 1 saturated carbocycles. The standard InChI is InChI=1S/C18H35NO2/c1-7-13(4)19(9-3)16-12-14(18(5,6)8-2)10-11-15(16)17(20)21/h13-16H,7-12H2,1-6H3,(H,20,21). The van der Waals surface area contributed by atoms with Crippen molar-refractivity contribution in [2.24, 2.45) is 17.3 Å². The lowest BCUT2D eigenvalue weighted by molar-refractivity contribution is -0.147. The van der Waals surface area contributed by atoms with Crippen LogP contribution in [0.25, 0.3) is 0 Å². The molecule has 0 bridgehead atoms. The highest BCUT2D eigenvalue weighted by molar-refractivity contribution is 5.71. The molecule has 3 nitrogen and oxygen atoms in total. The summed E-state index contributed by atoms with van der Waals surface area (Å²) in [7, 11) is 0. The van der Waals surface area contributed by atoms with E-state index in [1.807, 2.05) is 0 Å². The Hall–Kier alpha value is -0.570. The zero-order valence-corrected chi connectivity index (χ0v) is 14.9. The Morgan fingerprint density at radius 2 is 1.90 bits per heavy atom. The molecule has 0 spiro atoms. The first-order valence-corrected chi connectivity index (χ1v) is 8.76. The highest BCUT2D eigenvalue weighted by Crippen LogP contribution is 2.44. The Labute approximate surface area is 131 Å². The van der Waals surface area contributed by atoms with Crippen LogP contribution >= 0.6 is 0 Å². The molecule has 0 aromatic heterocycles. The summed E-state index contributed by atoms with van der Waals surface area (Å²) in [4.78, 5) is 14.1. The van der Waals surface area contributed by atoms with Gasteiger partial charge in [-0.1, -0.05) is 41.0 Å². The number of carbonyl (C=O) groups is 1. The van der Waals surface area contributed by atoms with E-state index in [9.17, 15) is 9.90 Å². The van der Waals surface area contributed by atoms with Crippen LogP contribution < -0.4 is 0 Å². The number of nitrogens with zero attached hydrogens (tertiary/aromatic N) is 1.